The lowest BCUT2D eigenvalue weighted by molar-refractivity contribution is -0.890. The molecule has 0 saturated carbocycles. The van der Waals surface area contributed by atoms with Crippen LogP contribution in [0.1, 0.15) is 37.7 Å². The second kappa shape index (κ2) is 14.0. The van der Waals surface area contributed by atoms with Gasteiger partial charge in [0.05, 0.1) is 27.2 Å². The first-order chi connectivity index (χ1) is 13.4. The number of ether oxygens (including phenoxy) is 1. The van der Waals surface area contributed by atoms with Crippen LogP contribution in [-0.4, -0.2) is 68.5 Å². The van der Waals surface area contributed by atoms with Crippen molar-refractivity contribution in [3.8, 4) is 0 Å². The van der Waals surface area contributed by atoms with E-state index in [0.29, 0.717) is 19.5 Å². The minimum Gasteiger partial charge on any atom is -0.445 e. The van der Waals surface area contributed by atoms with Crippen molar-refractivity contribution in [1.82, 2.24) is 10.6 Å². The number of aliphatic hydroxyl groups is 1. The molecule has 158 valence electrons. The number of nitrogens with one attached hydrogen (secondary N) is 2. The fourth-order valence-electron chi connectivity index (χ4n) is 2.76. The highest BCUT2D eigenvalue weighted by molar-refractivity contribution is 5.75. The molecule has 0 radical (unpaired) electrons. The number of amides is 2. The Kier molecular flexibility index (Phi) is 11.9. The van der Waals surface area contributed by atoms with Crippen LogP contribution < -0.4 is 10.6 Å². The Morgan fingerprint density at radius 1 is 0.964 bits per heavy atom. The number of aliphatic hydroxyl groups excluding tert-OH is 1. The van der Waals surface area contributed by atoms with Crippen molar-refractivity contribution in [2.45, 2.75) is 38.7 Å². The molecule has 0 aliphatic heterocycles. The summed E-state index contributed by atoms with van der Waals surface area (Å²) in [5, 5.41) is 14.7. The molecule has 2 amide bonds. The third kappa shape index (κ3) is 12.3. The van der Waals surface area contributed by atoms with Crippen molar-refractivity contribution < 1.29 is 23.9 Å². The largest absolute Gasteiger partial charge is 0.445 e. The molecule has 0 atom stereocenters. The van der Waals surface area contributed by atoms with E-state index in [1.165, 1.54) is 0 Å². The standard InChI is InChI=1S/C21H35N3O4/c1-24(2,16-17-25)15-9-14-22-20(26)12-7-4-8-13-23-21(27)28-18-19-10-5-3-6-11-19/h3,5-6,10-11,25H,4,7-9,12-18H2,1-2H3,(H-,22,23,26,27)/p+1. The lowest BCUT2D eigenvalue weighted by Gasteiger charge is -2.28. The van der Waals surface area contributed by atoms with Gasteiger partial charge in [-0.05, 0) is 18.4 Å². The average Bonchev–Trinajstić information content (AvgIpc) is 2.67. The summed E-state index contributed by atoms with van der Waals surface area (Å²) in [5.41, 5.74) is 0.958. The molecule has 7 nitrogen and oxygen atoms in total. The van der Waals surface area contributed by atoms with Gasteiger partial charge >= 0.3 is 6.09 Å². The molecular formula is C21H36N3O4+. The summed E-state index contributed by atoms with van der Waals surface area (Å²) < 4.78 is 5.89. The average molecular weight is 395 g/mol. The Morgan fingerprint density at radius 3 is 2.39 bits per heavy atom. The van der Waals surface area contributed by atoms with Gasteiger partial charge in [0, 0.05) is 25.9 Å². The van der Waals surface area contributed by atoms with Gasteiger partial charge in [0.1, 0.15) is 13.2 Å². The highest BCUT2D eigenvalue weighted by Gasteiger charge is 2.13. The van der Waals surface area contributed by atoms with E-state index in [2.05, 4.69) is 24.7 Å². The highest BCUT2D eigenvalue weighted by atomic mass is 16.5. The zero-order valence-corrected chi connectivity index (χ0v) is 17.3. The topological polar surface area (TPSA) is 87.7 Å². The minimum absolute atomic E-state index is 0.0719. The predicted molar refractivity (Wildman–Crippen MR) is 110 cm³/mol. The number of carbonyl (C=O) groups excluding carboxylic acids is 2. The van der Waals surface area contributed by atoms with Gasteiger partial charge in [0.15, 0.2) is 0 Å². The van der Waals surface area contributed by atoms with Crippen molar-refractivity contribution >= 4 is 12.0 Å². The Labute approximate surface area is 168 Å². The number of rotatable bonds is 14. The van der Waals surface area contributed by atoms with Crippen LogP contribution in [-0.2, 0) is 16.1 Å². The fourth-order valence-corrected chi connectivity index (χ4v) is 2.76. The quantitative estimate of drug-likeness (QED) is 0.333. The molecule has 0 aromatic heterocycles. The molecule has 1 aromatic carbocycles. The van der Waals surface area contributed by atoms with Gasteiger partial charge in [-0.15, -0.1) is 0 Å². The molecule has 0 aliphatic carbocycles. The van der Waals surface area contributed by atoms with E-state index in [4.69, 9.17) is 9.84 Å². The SMILES string of the molecule is C[N+](C)(CCO)CCCNC(=O)CCCCCNC(=O)OCc1ccccc1. The zero-order valence-electron chi connectivity index (χ0n) is 17.3. The minimum atomic E-state index is -0.413. The number of alkyl carbamates (subject to hydrolysis) is 1. The molecule has 3 N–H and O–H groups in total. The van der Waals surface area contributed by atoms with Crippen LogP contribution in [0.3, 0.4) is 0 Å². The molecule has 0 heterocycles. The molecule has 1 rings (SSSR count). The molecule has 28 heavy (non-hydrogen) atoms. The van der Waals surface area contributed by atoms with Gasteiger partial charge in [-0.3, -0.25) is 4.79 Å². The number of unbranched alkanes of at least 4 members (excludes halogenated alkanes) is 2. The van der Waals surface area contributed by atoms with Crippen molar-refractivity contribution in [3.63, 3.8) is 0 Å². The van der Waals surface area contributed by atoms with Crippen LogP contribution in [0.4, 0.5) is 4.79 Å². The first-order valence-electron chi connectivity index (χ1n) is 10.1. The van der Waals surface area contributed by atoms with E-state index in [9.17, 15) is 9.59 Å². The highest BCUT2D eigenvalue weighted by Crippen LogP contribution is 2.02. The van der Waals surface area contributed by atoms with Gasteiger partial charge in [-0.2, -0.15) is 0 Å². The third-order valence-corrected chi connectivity index (χ3v) is 4.53. The predicted octanol–water partition coefficient (Wildman–Crippen LogP) is 2.05. The Morgan fingerprint density at radius 2 is 1.68 bits per heavy atom. The molecule has 0 aliphatic rings. The summed E-state index contributed by atoms with van der Waals surface area (Å²) >= 11 is 0. The van der Waals surface area contributed by atoms with Crippen molar-refractivity contribution in [3.05, 3.63) is 35.9 Å². The molecule has 7 heteroatoms. The third-order valence-electron chi connectivity index (χ3n) is 4.53. The fraction of sp³-hybridized carbons (Fsp3) is 0.619. The number of hydrogen-bond donors (Lipinski definition) is 3. The van der Waals surface area contributed by atoms with Gasteiger partial charge in [-0.25, -0.2) is 4.79 Å². The lowest BCUT2D eigenvalue weighted by Crippen LogP contribution is -2.43. The smallest absolute Gasteiger partial charge is 0.407 e. The number of quaternary nitrogens is 1. The summed E-state index contributed by atoms with van der Waals surface area (Å²) in [6.45, 7) is 3.31. The molecule has 0 unspecified atom stereocenters. The molecule has 0 fully saturated rings. The summed E-state index contributed by atoms with van der Waals surface area (Å²) in [5.74, 6) is 0.0719. The molecule has 0 bridgehead atoms. The maximum Gasteiger partial charge on any atom is 0.407 e. The summed E-state index contributed by atoms with van der Waals surface area (Å²) in [6.07, 6.45) is 3.50. The molecule has 1 aromatic rings. The second-order valence-electron chi connectivity index (χ2n) is 7.61. The Hall–Kier alpha value is -2.12. The zero-order chi connectivity index (χ0) is 20.7. The summed E-state index contributed by atoms with van der Waals surface area (Å²) in [6, 6.07) is 9.55. The first kappa shape index (κ1) is 23.9. The van der Waals surface area contributed by atoms with Gasteiger partial charge in [-0.1, -0.05) is 36.8 Å². The maximum atomic E-state index is 11.8. The normalized spacial score (nSPS) is 11.1. The molecule has 0 spiro atoms. The van der Waals surface area contributed by atoms with Gasteiger partial charge < -0.3 is 25.0 Å². The molecular weight excluding hydrogens is 358 g/mol. The van der Waals surface area contributed by atoms with E-state index in [1.54, 1.807) is 0 Å². The molecule has 0 saturated heterocycles. The van der Waals surface area contributed by atoms with Gasteiger partial charge in [0.2, 0.25) is 5.91 Å². The Balaban J connectivity index is 1.94. The van der Waals surface area contributed by atoms with Crippen LogP contribution in [0.25, 0.3) is 0 Å². The number of benzene rings is 1. The van der Waals surface area contributed by atoms with E-state index in [1.807, 2.05) is 30.3 Å². The van der Waals surface area contributed by atoms with Crippen molar-refractivity contribution in [2.24, 2.45) is 0 Å². The Bertz CT molecular complexity index is 564. The summed E-state index contributed by atoms with van der Waals surface area (Å²) in [4.78, 5) is 23.4. The van der Waals surface area contributed by atoms with E-state index in [0.717, 1.165) is 48.8 Å². The number of hydrogen-bond acceptors (Lipinski definition) is 4. The van der Waals surface area contributed by atoms with Crippen molar-refractivity contribution in [1.29, 1.82) is 0 Å². The first-order valence-corrected chi connectivity index (χ1v) is 10.1. The summed E-state index contributed by atoms with van der Waals surface area (Å²) in [7, 11) is 4.15. The van der Waals surface area contributed by atoms with E-state index in [-0.39, 0.29) is 19.1 Å². The van der Waals surface area contributed by atoms with Crippen LogP contribution >= 0.6 is 0 Å². The lowest BCUT2D eigenvalue weighted by atomic mass is 10.2. The van der Waals surface area contributed by atoms with E-state index >= 15 is 0 Å². The monoisotopic (exact) mass is 394 g/mol. The number of carbonyl (C=O) groups is 2. The van der Waals surface area contributed by atoms with Crippen molar-refractivity contribution in [2.75, 3.05) is 46.9 Å². The van der Waals surface area contributed by atoms with Crippen LogP contribution in [0, 0.1) is 0 Å². The number of likely N-dealkylation sites (N-methyl/N-ethyl adjacent to an activating group) is 1. The van der Waals surface area contributed by atoms with Crippen LogP contribution in [0.5, 0.6) is 0 Å². The van der Waals surface area contributed by atoms with E-state index < -0.39 is 6.09 Å². The van der Waals surface area contributed by atoms with Crippen LogP contribution in [0.2, 0.25) is 0 Å². The van der Waals surface area contributed by atoms with Gasteiger partial charge in [0.25, 0.3) is 0 Å². The second-order valence-corrected chi connectivity index (χ2v) is 7.61. The maximum absolute atomic E-state index is 11.8. The van der Waals surface area contributed by atoms with Crippen LogP contribution in [0.15, 0.2) is 30.3 Å². The number of nitrogens with zero attached hydrogens (tertiary/aromatic N) is 1.